The van der Waals surface area contributed by atoms with Gasteiger partial charge in [0.05, 0.1) is 6.20 Å². The predicted octanol–water partition coefficient (Wildman–Crippen LogP) is 3.90. The smallest absolute Gasteiger partial charge is 0.159 e. The summed E-state index contributed by atoms with van der Waals surface area (Å²) in [6, 6.07) is 16.5. The summed E-state index contributed by atoms with van der Waals surface area (Å²) in [6.45, 7) is 1.94. The monoisotopic (exact) mass is 316 g/mol. The first-order valence-electron chi connectivity index (χ1n) is 8.30. The van der Waals surface area contributed by atoms with Crippen molar-refractivity contribution in [3.8, 4) is 0 Å². The minimum absolute atomic E-state index is 0.758. The zero-order chi connectivity index (χ0) is 16.4. The molecule has 0 saturated carbocycles. The van der Waals surface area contributed by atoms with E-state index in [9.17, 15) is 0 Å². The van der Waals surface area contributed by atoms with Crippen molar-refractivity contribution in [2.45, 2.75) is 12.8 Å². The molecule has 2 heterocycles. The van der Waals surface area contributed by atoms with Crippen LogP contribution in [0.2, 0.25) is 0 Å². The molecule has 2 aromatic carbocycles. The number of aromatic nitrogens is 2. The fourth-order valence-corrected chi connectivity index (χ4v) is 3.26. The molecule has 0 bridgehead atoms. The van der Waals surface area contributed by atoms with Gasteiger partial charge in [0.2, 0.25) is 0 Å². The Labute approximate surface area is 141 Å². The lowest BCUT2D eigenvalue weighted by Gasteiger charge is -2.30. The van der Waals surface area contributed by atoms with Crippen molar-refractivity contribution in [1.82, 2.24) is 10.2 Å². The molecule has 4 rings (SSSR count). The van der Waals surface area contributed by atoms with Crippen molar-refractivity contribution >= 4 is 28.4 Å². The molecular weight excluding hydrogens is 296 g/mol. The van der Waals surface area contributed by atoms with Crippen molar-refractivity contribution in [3.05, 3.63) is 65.9 Å². The molecule has 24 heavy (non-hydrogen) atoms. The van der Waals surface area contributed by atoms with Gasteiger partial charge in [-0.25, -0.2) is 0 Å². The molecule has 0 amide bonds. The quantitative estimate of drug-likeness (QED) is 0.729. The highest BCUT2D eigenvalue weighted by Crippen LogP contribution is 2.29. The Bertz CT molecular complexity index is 877. The summed E-state index contributed by atoms with van der Waals surface area (Å²) in [7, 11) is 0. The van der Waals surface area contributed by atoms with Gasteiger partial charge in [0.25, 0.3) is 0 Å². The highest BCUT2D eigenvalue weighted by Gasteiger charge is 2.18. The van der Waals surface area contributed by atoms with E-state index in [0.717, 1.165) is 48.2 Å². The van der Waals surface area contributed by atoms with Gasteiger partial charge in [-0.15, -0.1) is 5.10 Å². The maximum atomic E-state index is 5.87. The van der Waals surface area contributed by atoms with Crippen molar-refractivity contribution < 1.29 is 0 Å². The van der Waals surface area contributed by atoms with E-state index in [1.165, 1.54) is 11.1 Å². The van der Waals surface area contributed by atoms with Gasteiger partial charge in [0, 0.05) is 29.5 Å². The van der Waals surface area contributed by atoms with E-state index in [2.05, 4.69) is 51.5 Å². The van der Waals surface area contributed by atoms with E-state index < -0.39 is 0 Å². The van der Waals surface area contributed by atoms with E-state index in [1.54, 1.807) is 6.20 Å². The number of anilines is 2. The highest BCUT2D eigenvalue weighted by atomic mass is 15.3. The molecule has 1 saturated heterocycles. The maximum absolute atomic E-state index is 5.87. The lowest BCUT2D eigenvalue weighted by Crippen LogP contribution is -2.31. The zero-order valence-corrected chi connectivity index (χ0v) is 13.5. The first-order valence-corrected chi connectivity index (χ1v) is 8.30. The molecule has 4 nitrogen and oxygen atoms in total. The van der Waals surface area contributed by atoms with Gasteiger partial charge in [0.1, 0.15) is 0 Å². The number of hydrogen-bond acceptors (Lipinski definition) is 4. The summed E-state index contributed by atoms with van der Waals surface area (Å²) in [5.41, 5.74) is 9.41. The second-order valence-electron chi connectivity index (χ2n) is 6.22. The van der Waals surface area contributed by atoms with Crippen LogP contribution in [-0.4, -0.2) is 23.3 Å². The summed E-state index contributed by atoms with van der Waals surface area (Å²) in [5, 5.41) is 10.7. The number of hydrogen-bond donors (Lipinski definition) is 1. The van der Waals surface area contributed by atoms with Gasteiger partial charge >= 0.3 is 0 Å². The molecule has 0 atom stereocenters. The first-order chi connectivity index (χ1) is 11.8. The van der Waals surface area contributed by atoms with E-state index in [1.807, 2.05) is 18.2 Å². The fourth-order valence-electron chi connectivity index (χ4n) is 3.26. The van der Waals surface area contributed by atoms with E-state index in [0.29, 0.717) is 0 Å². The van der Waals surface area contributed by atoms with Gasteiger partial charge in [-0.1, -0.05) is 42.0 Å². The summed E-state index contributed by atoms with van der Waals surface area (Å²) in [5.74, 6) is 0.964. The van der Waals surface area contributed by atoms with Crippen LogP contribution in [0.5, 0.6) is 0 Å². The lowest BCUT2D eigenvalue weighted by molar-refractivity contribution is 0.678. The molecule has 120 valence electrons. The Morgan fingerprint density at radius 2 is 1.79 bits per heavy atom. The van der Waals surface area contributed by atoms with Gasteiger partial charge in [-0.2, -0.15) is 5.10 Å². The van der Waals surface area contributed by atoms with Crippen LogP contribution >= 0.6 is 0 Å². The Morgan fingerprint density at radius 3 is 2.58 bits per heavy atom. The number of rotatable bonds is 2. The normalized spacial score (nSPS) is 14.8. The zero-order valence-electron chi connectivity index (χ0n) is 13.5. The highest BCUT2D eigenvalue weighted by molar-refractivity contribution is 5.93. The minimum atomic E-state index is 0.758. The number of nitrogens with two attached hydrogens (primary N) is 1. The van der Waals surface area contributed by atoms with Crippen LogP contribution in [0.15, 0.2) is 60.3 Å². The van der Waals surface area contributed by atoms with Crippen molar-refractivity contribution in [3.63, 3.8) is 0 Å². The summed E-state index contributed by atoms with van der Waals surface area (Å²) >= 11 is 0. The van der Waals surface area contributed by atoms with Crippen LogP contribution in [0.25, 0.3) is 16.8 Å². The molecule has 0 spiro atoms. The van der Waals surface area contributed by atoms with Crippen LogP contribution in [0, 0.1) is 0 Å². The average molecular weight is 316 g/mol. The molecule has 2 N–H and O–H groups in total. The summed E-state index contributed by atoms with van der Waals surface area (Å²) < 4.78 is 0. The average Bonchev–Trinajstić information content (AvgIpc) is 2.62. The number of nitrogens with zero attached hydrogens (tertiary/aromatic N) is 3. The van der Waals surface area contributed by atoms with Crippen molar-refractivity contribution in [2.75, 3.05) is 23.7 Å². The van der Waals surface area contributed by atoms with Gasteiger partial charge in [0.15, 0.2) is 5.82 Å². The SMILES string of the molecule is Nc1ccc2c(N3CCC(=Cc4ccccc4)CC3)nncc2c1. The van der Waals surface area contributed by atoms with Crippen LogP contribution in [-0.2, 0) is 0 Å². The second-order valence-corrected chi connectivity index (χ2v) is 6.22. The van der Waals surface area contributed by atoms with Gasteiger partial charge in [-0.05, 0) is 36.6 Å². The summed E-state index contributed by atoms with van der Waals surface area (Å²) in [6.07, 6.45) is 6.20. The predicted molar refractivity (Wildman–Crippen MR) is 99.8 cm³/mol. The largest absolute Gasteiger partial charge is 0.399 e. The van der Waals surface area contributed by atoms with Crippen LogP contribution < -0.4 is 10.6 Å². The Hall–Kier alpha value is -2.88. The van der Waals surface area contributed by atoms with E-state index in [-0.39, 0.29) is 0 Å². The Kier molecular flexibility index (Phi) is 3.87. The Morgan fingerprint density at radius 1 is 1.00 bits per heavy atom. The first kappa shape index (κ1) is 14.7. The maximum Gasteiger partial charge on any atom is 0.159 e. The number of fused-ring (bicyclic) bond motifs is 1. The summed E-state index contributed by atoms with van der Waals surface area (Å²) in [4.78, 5) is 2.33. The third-order valence-electron chi connectivity index (χ3n) is 4.54. The van der Waals surface area contributed by atoms with Crippen LogP contribution in [0.4, 0.5) is 11.5 Å². The molecule has 1 aliphatic rings. The number of piperidine rings is 1. The van der Waals surface area contributed by atoms with Crippen LogP contribution in [0.3, 0.4) is 0 Å². The van der Waals surface area contributed by atoms with Crippen LogP contribution in [0.1, 0.15) is 18.4 Å². The third kappa shape index (κ3) is 2.95. The lowest BCUT2D eigenvalue weighted by atomic mass is 10.0. The van der Waals surface area contributed by atoms with Crippen molar-refractivity contribution in [1.29, 1.82) is 0 Å². The fraction of sp³-hybridized carbons (Fsp3) is 0.200. The molecule has 0 aliphatic carbocycles. The third-order valence-corrected chi connectivity index (χ3v) is 4.54. The standard InChI is InChI=1S/C20H20N4/c21-18-6-7-19-17(13-18)14-22-23-20(19)24-10-8-16(9-11-24)12-15-4-2-1-3-5-15/h1-7,12-14H,8-11,21H2. The Balaban J connectivity index is 1.55. The minimum Gasteiger partial charge on any atom is -0.399 e. The molecular formula is C20H20N4. The number of benzene rings is 2. The second kappa shape index (κ2) is 6.32. The molecule has 0 radical (unpaired) electrons. The van der Waals surface area contributed by atoms with Gasteiger partial charge < -0.3 is 10.6 Å². The van der Waals surface area contributed by atoms with Gasteiger partial charge in [-0.3, -0.25) is 0 Å². The molecule has 1 fully saturated rings. The topological polar surface area (TPSA) is 55.0 Å². The molecule has 3 aromatic rings. The molecule has 1 aliphatic heterocycles. The number of nitrogen functional groups attached to an aromatic ring is 1. The van der Waals surface area contributed by atoms with E-state index in [4.69, 9.17) is 5.73 Å². The molecule has 4 heteroatoms. The molecule has 0 unspecified atom stereocenters. The molecule has 1 aromatic heterocycles. The van der Waals surface area contributed by atoms with Crippen molar-refractivity contribution in [2.24, 2.45) is 0 Å². The van der Waals surface area contributed by atoms with E-state index >= 15 is 0 Å².